The molecule has 0 aliphatic carbocycles. The molecule has 2 N–H and O–H groups in total. The quantitative estimate of drug-likeness (QED) is 0.0876. The first-order chi connectivity index (χ1) is 25.0. The van der Waals surface area contributed by atoms with Gasteiger partial charge in [0.2, 0.25) is 11.8 Å². The Bertz CT molecular complexity index is 1710. The van der Waals surface area contributed by atoms with Crippen molar-refractivity contribution in [2.75, 3.05) is 58.1 Å². The van der Waals surface area contributed by atoms with Crippen LogP contribution in [-0.4, -0.2) is 87.4 Å². The Morgan fingerprint density at radius 2 is 1.16 bits per heavy atom. The lowest BCUT2D eigenvalue weighted by Crippen LogP contribution is -2.54. The van der Waals surface area contributed by atoms with Gasteiger partial charge in [0.05, 0.1) is 57.4 Å². The maximum Gasteiger partial charge on any atom is 0.264 e. The van der Waals surface area contributed by atoms with Gasteiger partial charge in [-0.25, -0.2) is 0 Å². The zero-order valence-corrected chi connectivity index (χ0v) is 28.3. The highest BCUT2D eigenvalue weighted by Crippen LogP contribution is 2.40. The molecule has 0 spiro atoms. The summed E-state index contributed by atoms with van der Waals surface area (Å²) in [4.78, 5) is 51.1. The number of benzene rings is 4. The molecule has 11 heteroatoms. The number of nitrogens with one attached hydrogen (secondary N) is 2. The van der Waals surface area contributed by atoms with Gasteiger partial charge >= 0.3 is 0 Å². The number of rotatable bonds is 18. The Kier molecular flexibility index (Phi) is 12.0. The number of carbonyl (C=O) groups is 4. The second-order valence-corrected chi connectivity index (χ2v) is 12.1. The fourth-order valence-corrected chi connectivity index (χ4v) is 6.48. The molecule has 1 atom stereocenters. The van der Waals surface area contributed by atoms with Gasteiger partial charge in [0.25, 0.3) is 11.8 Å². The van der Waals surface area contributed by atoms with Crippen LogP contribution in [0.5, 0.6) is 0 Å². The lowest BCUT2D eigenvalue weighted by molar-refractivity contribution is -0.136. The lowest BCUT2D eigenvalue weighted by Gasteiger charge is -2.36. The number of hydrogen-bond donors (Lipinski definition) is 2. The number of nitrogens with zero attached hydrogens (tertiary/aromatic N) is 1. The van der Waals surface area contributed by atoms with Gasteiger partial charge in [0.15, 0.2) is 0 Å². The average Bonchev–Trinajstić information content (AvgIpc) is 3.42. The number of carbonyl (C=O) groups excluding carboxylic acids is 4. The fraction of sp³-hybridized carbons (Fsp3) is 0.300. The number of ether oxygens (including phenoxy) is 4. The van der Waals surface area contributed by atoms with E-state index in [9.17, 15) is 19.2 Å². The Hall–Kier alpha value is -5.20. The van der Waals surface area contributed by atoms with Gasteiger partial charge in [-0.15, -0.1) is 0 Å². The summed E-state index contributed by atoms with van der Waals surface area (Å²) in [5.41, 5.74) is 3.23. The SMILES string of the molecule is O=C1CCC(N2C(=O)c3cccc(NCCOCCOCCOCCOC(c4ccccc4)(c4ccccc4)c4ccccc4)c3C2=O)C(=O)N1. The van der Waals surface area contributed by atoms with Crippen LogP contribution in [0, 0.1) is 0 Å². The van der Waals surface area contributed by atoms with E-state index in [1.165, 1.54) is 0 Å². The summed E-state index contributed by atoms with van der Waals surface area (Å²) in [6, 6.07) is 34.6. The number of hydrogen-bond acceptors (Lipinski definition) is 9. The minimum atomic E-state index is -1.01. The van der Waals surface area contributed by atoms with E-state index in [2.05, 4.69) is 47.0 Å². The van der Waals surface area contributed by atoms with Gasteiger partial charge in [0.1, 0.15) is 11.6 Å². The monoisotopic (exact) mass is 691 g/mol. The molecular formula is C40H41N3O8. The van der Waals surface area contributed by atoms with Gasteiger partial charge in [0, 0.05) is 18.7 Å². The fourth-order valence-electron chi connectivity index (χ4n) is 6.48. The van der Waals surface area contributed by atoms with Crippen molar-refractivity contribution < 1.29 is 38.1 Å². The summed E-state index contributed by atoms with van der Waals surface area (Å²) >= 11 is 0. The van der Waals surface area contributed by atoms with E-state index in [1.807, 2.05) is 54.6 Å². The van der Waals surface area contributed by atoms with E-state index in [4.69, 9.17) is 18.9 Å². The van der Waals surface area contributed by atoms with Crippen molar-refractivity contribution in [3.63, 3.8) is 0 Å². The van der Waals surface area contributed by atoms with Crippen LogP contribution < -0.4 is 10.6 Å². The van der Waals surface area contributed by atoms with Gasteiger partial charge in [-0.05, 0) is 35.2 Å². The van der Waals surface area contributed by atoms with E-state index in [1.54, 1.807) is 18.2 Å². The molecule has 6 rings (SSSR count). The molecule has 0 radical (unpaired) electrons. The minimum Gasteiger partial charge on any atom is -0.382 e. The molecule has 2 heterocycles. The molecule has 4 amide bonds. The first-order valence-electron chi connectivity index (χ1n) is 17.1. The third-order valence-electron chi connectivity index (χ3n) is 8.86. The Labute approximate surface area is 296 Å². The van der Waals surface area contributed by atoms with Crippen LogP contribution in [-0.2, 0) is 34.1 Å². The summed E-state index contributed by atoms with van der Waals surface area (Å²) in [6.45, 7) is 3.04. The van der Waals surface area contributed by atoms with Crippen LogP contribution in [0.15, 0.2) is 109 Å². The highest BCUT2D eigenvalue weighted by molar-refractivity contribution is 6.25. The zero-order valence-electron chi connectivity index (χ0n) is 28.3. The van der Waals surface area contributed by atoms with E-state index in [0.29, 0.717) is 58.5 Å². The summed E-state index contributed by atoms with van der Waals surface area (Å²) in [7, 11) is 0. The topological polar surface area (TPSA) is 132 Å². The number of piperidine rings is 1. The number of imide groups is 2. The zero-order chi connectivity index (χ0) is 35.5. The molecule has 1 saturated heterocycles. The number of fused-ring (bicyclic) bond motifs is 1. The number of anilines is 1. The van der Waals surface area contributed by atoms with E-state index >= 15 is 0 Å². The first kappa shape index (κ1) is 35.6. The summed E-state index contributed by atoms with van der Waals surface area (Å²) in [5.74, 6) is -2.15. The van der Waals surface area contributed by atoms with Crippen molar-refractivity contribution in [3.05, 3.63) is 137 Å². The molecule has 264 valence electrons. The molecule has 11 nitrogen and oxygen atoms in total. The molecule has 51 heavy (non-hydrogen) atoms. The van der Waals surface area contributed by atoms with Crippen molar-refractivity contribution in [1.82, 2.24) is 10.2 Å². The van der Waals surface area contributed by atoms with Gasteiger partial charge < -0.3 is 24.3 Å². The highest BCUT2D eigenvalue weighted by Gasteiger charge is 2.45. The lowest BCUT2D eigenvalue weighted by atomic mass is 9.80. The van der Waals surface area contributed by atoms with Crippen molar-refractivity contribution in [3.8, 4) is 0 Å². The van der Waals surface area contributed by atoms with Crippen molar-refractivity contribution in [1.29, 1.82) is 0 Å². The highest BCUT2D eigenvalue weighted by atomic mass is 16.6. The molecule has 4 aromatic carbocycles. The second kappa shape index (κ2) is 17.1. The molecule has 1 unspecified atom stereocenters. The third-order valence-corrected chi connectivity index (χ3v) is 8.86. The molecule has 1 fully saturated rings. The largest absolute Gasteiger partial charge is 0.382 e. The molecule has 2 aliphatic rings. The normalized spacial score (nSPS) is 15.9. The van der Waals surface area contributed by atoms with Crippen molar-refractivity contribution in [2.45, 2.75) is 24.5 Å². The van der Waals surface area contributed by atoms with Gasteiger partial charge in [-0.2, -0.15) is 0 Å². The summed E-state index contributed by atoms with van der Waals surface area (Å²) in [5, 5.41) is 5.37. The maximum atomic E-state index is 13.2. The van der Waals surface area contributed by atoms with Crippen LogP contribution in [0.3, 0.4) is 0 Å². The summed E-state index contributed by atoms with van der Waals surface area (Å²) in [6.07, 6.45) is 0.173. The smallest absolute Gasteiger partial charge is 0.264 e. The van der Waals surface area contributed by atoms with E-state index in [-0.39, 0.29) is 24.0 Å². The third kappa shape index (κ3) is 8.08. The maximum absolute atomic E-state index is 13.2. The predicted molar refractivity (Wildman–Crippen MR) is 189 cm³/mol. The van der Waals surface area contributed by atoms with Crippen molar-refractivity contribution in [2.24, 2.45) is 0 Å². The number of amides is 4. The Balaban J connectivity index is 0.896. The van der Waals surface area contributed by atoms with Crippen LogP contribution in [0.4, 0.5) is 5.69 Å². The molecule has 2 aliphatic heterocycles. The van der Waals surface area contributed by atoms with Gasteiger partial charge in [-0.3, -0.25) is 29.4 Å². The van der Waals surface area contributed by atoms with Crippen LogP contribution >= 0.6 is 0 Å². The summed E-state index contributed by atoms with van der Waals surface area (Å²) < 4.78 is 23.9. The molecule has 0 bridgehead atoms. The Morgan fingerprint density at radius 3 is 1.71 bits per heavy atom. The molecular weight excluding hydrogens is 650 g/mol. The van der Waals surface area contributed by atoms with Crippen LogP contribution in [0.2, 0.25) is 0 Å². The van der Waals surface area contributed by atoms with Crippen molar-refractivity contribution >= 4 is 29.3 Å². The molecule has 0 saturated carbocycles. The first-order valence-corrected chi connectivity index (χ1v) is 17.1. The average molecular weight is 692 g/mol. The van der Waals surface area contributed by atoms with E-state index in [0.717, 1.165) is 21.6 Å². The minimum absolute atomic E-state index is 0.0676. The van der Waals surface area contributed by atoms with Crippen LogP contribution in [0.1, 0.15) is 50.2 Å². The predicted octanol–water partition coefficient (Wildman–Crippen LogP) is 4.56. The molecule has 0 aromatic heterocycles. The van der Waals surface area contributed by atoms with E-state index < -0.39 is 35.3 Å². The van der Waals surface area contributed by atoms with Gasteiger partial charge in [-0.1, -0.05) is 97.1 Å². The molecule has 4 aromatic rings. The van der Waals surface area contributed by atoms with Crippen LogP contribution in [0.25, 0.3) is 0 Å². The second-order valence-electron chi connectivity index (χ2n) is 12.1. The Morgan fingerprint density at radius 1 is 0.627 bits per heavy atom. The standard InChI is InChI=1S/C40H41N3O8/c44-35-20-19-34(37(45)42-35)43-38(46)32-17-10-18-33(36(32)39(43)47)41-21-22-48-23-24-49-25-26-50-27-28-51-40(29-11-4-1-5-12-29,30-13-6-2-7-14-30)31-15-8-3-9-16-31/h1-18,34,41H,19-28H2,(H,42,44,45).